The van der Waals surface area contributed by atoms with Crippen molar-refractivity contribution in [1.29, 1.82) is 0 Å². The quantitative estimate of drug-likeness (QED) is 0.163. The lowest BCUT2D eigenvalue weighted by Crippen LogP contribution is -2.48. The standard InChI is InChI=1S/C34H27ClFN3O8/c1-34-24(31(42)38(33(34)44)17-6-11-26(36)25(35)13-17)15-23-20(29(34)21-8-7-19(47-2)14-27(21)40)9-10-22-28(23)32(43)37(30(22)41)16-4-3-5-18(12-16)39(45)46/h3-9,11-14,22-24,28-29,40H,10,15H2,1-2H3. The minimum absolute atomic E-state index is 0.0364. The summed E-state index contributed by atoms with van der Waals surface area (Å²) in [6.07, 6.45) is 1.99. The van der Waals surface area contributed by atoms with E-state index in [4.69, 9.17) is 16.3 Å². The van der Waals surface area contributed by atoms with E-state index >= 15 is 0 Å². The van der Waals surface area contributed by atoms with Crippen LogP contribution in [0, 0.1) is 45.0 Å². The molecule has 7 rings (SSSR count). The van der Waals surface area contributed by atoms with Crippen molar-refractivity contribution in [2.24, 2.45) is 29.1 Å². The van der Waals surface area contributed by atoms with E-state index in [2.05, 4.69) is 0 Å². The van der Waals surface area contributed by atoms with Gasteiger partial charge in [0.15, 0.2) is 0 Å². The van der Waals surface area contributed by atoms with Crippen molar-refractivity contribution in [3.63, 3.8) is 0 Å². The van der Waals surface area contributed by atoms with E-state index in [0.717, 1.165) is 15.9 Å². The van der Waals surface area contributed by atoms with E-state index in [0.29, 0.717) is 16.9 Å². The van der Waals surface area contributed by atoms with Crippen LogP contribution in [0.1, 0.15) is 31.2 Å². The van der Waals surface area contributed by atoms with Gasteiger partial charge in [0, 0.05) is 29.7 Å². The van der Waals surface area contributed by atoms with E-state index in [1.54, 1.807) is 19.1 Å². The largest absolute Gasteiger partial charge is 0.508 e. The van der Waals surface area contributed by atoms with Crippen molar-refractivity contribution in [3.05, 3.63) is 98.8 Å². The van der Waals surface area contributed by atoms with Crippen LogP contribution in [0.5, 0.6) is 11.5 Å². The Labute approximate surface area is 272 Å². The second-order valence-corrected chi connectivity index (χ2v) is 12.9. The molecule has 6 unspecified atom stereocenters. The van der Waals surface area contributed by atoms with Crippen LogP contribution < -0.4 is 14.5 Å². The van der Waals surface area contributed by atoms with Crippen molar-refractivity contribution in [2.75, 3.05) is 16.9 Å². The van der Waals surface area contributed by atoms with Gasteiger partial charge in [0.2, 0.25) is 23.6 Å². The topological polar surface area (TPSA) is 147 Å². The molecule has 3 aromatic rings. The van der Waals surface area contributed by atoms with Crippen LogP contribution in [0.2, 0.25) is 5.02 Å². The molecule has 6 atom stereocenters. The lowest BCUT2D eigenvalue weighted by molar-refractivity contribution is -0.384. The molecular weight excluding hydrogens is 633 g/mol. The number of rotatable bonds is 5. The van der Waals surface area contributed by atoms with Crippen molar-refractivity contribution >= 4 is 52.3 Å². The molecule has 2 saturated heterocycles. The first-order chi connectivity index (χ1) is 22.4. The Kier molecular flexibility index (Phi) is 6.97. The van der Waals surface area contributed by atoms with Gasteiger partial charge >= 0.3 is 0 Å². The van der Waals surface area contributed by atoms with Gasteiger partial charge in [-0.05, 0) is 56.0 Å². The third kappa shape index (κ3) is 4.31. The summed E-state index contributed by atoms with van der Waals surface area (Å²) >= 11 is 6.04. The number of benzene rings is 3. The van der Waals surface area contributed by atoms with E-state index in [-0.39, 0.29) is 40.7 Å². The zero-order chi connectivity index (χ0) is 33.5. The SMILES string of the molecule is COc1ccc(C2C3=CCC4C(=O)N(c5cccc([N+](=O)[O-])c5)C(=O)C4C3CC3C(=O)N(c4ccc(F)c(Cl)c4)C(=O)C32C)c(O)c1. The molecule has 4 aliphatic rings. The molecule has 1 N–H and O–H groups in total. The molecule has 0 aromatic heterocycles. The van der Waals surface area contributed by atoms with Crippen LogP contribution in [-0.2, 0) is 19.2 Å². The summed E-state index contributed by atoms with van der Waals surface area (Å²) < 4.78 is 19.4. The van der Waals surface area contributed by atoms with Gasteiger partial charge in [-0.1, -0.05) is 35.4 Å². The van der Waals surface area contributed by atoms with E-state index < -0.39 is 69.4 Å². The van der Waals surface area contributed by atoms with Crippen LogP contribution >= 0.6 is 11.6 Å². The number of ether oxygens (including phenoxy) is 1. The number of carbonyl (C=O) groups is 4. The average Bonchev–Trinajstić information content (AvgIpc) is 3.42. The molecule has 2 heterocycles. The molecule has 47 heavy (non-hydrogen) atoms. The van der Waals surface area contributed by atoms with E-state index in [1.807, 2.05) is 6.08 Å². The number of nitro benzene ring substituents is 1. The number of non-ortho nitro benzene ring substituents is 1. The molecule has 11 nitrogen and oxygen atoms in total. The Bertz CT molecular complexity index is 1960. The summed E-state index contributed by atoms with van der Waals surface area (Å²) in [5.74, 6) is -7.09. The number of imide groups is 2. The first-order valence-corrected chi connectivity index (χ1v) is 15.3. The molecule has 0 spiro atoms. The minimum Gasteiger partial charge on any atom is -0.508 e. The number of methoxy groups -OCH3 is 1. The predicted molar refractivity (Wildman–Crippen MR) is 166 cm³/mol. The summed E-state index contributed by atoms with van der Waals surface area (Å²) in [5.41, 5.74) is -0.617. The van der Waals surface area contributed by atoms with Gasteiger partial charge in [-0.25, -0.2) is 14.2 Å². The van der Waals surface area contributed by atoms with Crippen LogP contribution in [0.15, 0.2) is 72.3 Å². The lowest BCUT2D eigenvalue weighted by Gasteiger charge is -2.49. The maximum Gasteiger partial charge on any atom is 0.271 e. The first-order valence-electron chi connectivity index (χ1n) is 14.9. The van der Waals surface area contributed by atoms with Gasteiger partial charge in [0.1, 0.15) is 17.3 Å². The smallest absolute Gasteiger partial charge is 0.271 e. The lowest BCUT2D eigenvalue weighted by atomic mass is 9.51. The van der Waals surface area contributed by atoms with Crippen LogP contribution in [0.4, 0.5) is 21.5 Å². The number of phenols is 1. The summed E-state index contributed by atoms with van der Waals surface area (Å²) in [6, 6.07) is 13.5. The van der Waals surface area contributed by atoms with Gasteiger partial charge in [-0.2, -0.15) is 0 Å². The van der Waals surface area contributed by atoms with Gasteiger partial charge in [-0.15, -0.1) is 0 Å². The maximum atomic E-state index is 14.5. The number of nitrogens with zero attached hydrogens (tertiary/aromatic N) is 3. The first kappa shape index (κ1) is 30.5. The molecule has 0 bridgehead atoms. The molecule has 240 valence electrons. The number of fused-ring (bicyclic) bond motifs is 4. The zero-order valence-corrected chi connectivity index (χ0v) is 25.8. The highest BCUT2D eigenvalue weighted by atomic mass is 35.5. The third-order valence-corrected chi connectivity index (χ3v) is 10.6. The second-order valence-electron chi connectivity index (χ2n) is 12.5. The van der Waals surface area contributed by atoms with E-state index in [9.17, 15) is 38.8 Å². The van der Waals surface area contributed by atoms with Crippen molar-refractivity contribution < 1.29 is 38.3 Å². The van der Waals surface area contributed by atoms with Gasteiger partial charge < -0.3 is 9.84 Å². The molecule has 4 amide bonds. The number of aromatic hydroxyl groups is 1. The van der Waals surface area contributed by atoms with Crippen LogP contribution in [-0.4, -0.2) is 40.8 Å². The van der Waals surface area contributed by atoms with Gasteiger partial charge in [-0.3, -0.25) is 29.3 Å². The number of halogens is 2. The number of phenolic OH excluding ortho intramolecular Hbond substituents is 1. The Morgan fingerprint density at radius 1 is 0.979 bits per heavy atom. The molecular formula is C34H27ClFN3O8. The Hall–Kier alpha value is -5.10. The van der Waals surface area contributed by atoms with Crippen molar-refractivity contribution in [1.82, 2.24) is 0 Å². The fourth-order valence-corrected chi connectivity index (χ4v) is 8.30. The Morgan fingerprint density at radius 2 is 1.72 bits per heavy atom. The highest BCUT2D eigenvalue weighted by molar-refractivity contribution is 6.32. The fourth-order valence-electron chi connectivity index (χ4n) is 8.12. The second kappa shape index (κ2) is 10.7. The summed E-state index contributed by atoms with van der Waals surface area (Å²) in [5, 5.41) is 22.5. The summed E-state index contributed by atoms with van der Waals surface area (Å²) in [7, 11) is 1.44. The molecule has 0 radical (unpaired) electrons. The number of hydrogen-bond donors (Lipinski definition) is 1. The molecule has 3 fully saturated rings. The fraction of sp³-hybridized carbons (Fsp3) is 0.294. The molecule has 3 aromatic carbocycles. The predicted octanol–water partition coefficient (Wildman–Crippen LogP) is 5.54. The number of carbonyl (C=O) groups excluding carboxylic acids is 4. The number of allylic oxidation sites excluding steroid dienone is 2. The summed E-state index contributed by atoms with van der Waals surface area (Å²) in [6.45, 7) is 1.65. The maximum absolute atomic E-state index is 14.5. The van der Waals surface area contributed by atoms with Crippen molar-refractivity contribution in [3.8, 4) is 11.5 Å². The third-order valence-electron chi connectivity index (χ3n) is 10.3. The minimum atomic E-state index is -1.45. The number of anilines is 2. The normalized spacial score (nSPS) is 28.2. The molecule has 2 aliphatic carbocycles. The summed E-state index contributed by atoms with van der Waals surface area (Å²) in [4.78, 5) is 69.5. The van der Waals surface area contributed by atoms with Gasteiger partial charge in [0.25, 0.3) is 5.69 Å². The zero-order valence-electron chi connectivity index (χ0n) is 25.1. The number of hydrogen-bond acceptors (Lipinski definition) is 8. The molecule has 13 heteroatoms. The highest BCUT2D eigenvalue weighted by Crippen LogP contribution is 2.64. The van der Waals surface area contributed by atoms with Crippen LogP contribution in [0.25, 0.3) is 0 Å². The highest BCUT2D eigenvalue weighted by Gasteiger charge is 2.68. The number of nitro groups is 1. The Morgan fingerprint density at radius 3 is 2.40 bits per heavy atom. The monoisotopic (exact) mass is 659 g/mol. The Balaban J connectivity index is 1.37. The van der Waals surface area contributed by atoms with Gasteiger partial charge in [0.05, 0.1) is 51.6 Å². The van der Waals surface area contributed by atoms with Crippen molar-refractivity contribution in [2.45, 2.75) is 25.7 Å². The number of amides is 4. The van der Waals surface area contributed by atoms with E-state index in [1.165, 1.54) is 49.6 Å². The average molecular weight is 660 g/mol. The molecule has 2 aliphatic heterocycles. The van der Waals surface area contributed by atoms with Crippen LogP contribution in [0.3, 0.4) is 0 Å². The molecule has 1 saturated carbocycles.